The summed E-state index contributed by atoms with van der Waals surface area (Å²) in [5, 5.41) is 4.18. The van der Waals surface area contributed by atoms with Gasteiger partial charge in [-0.2, -0.15) is 0 Å². The van der Waals surface area contributed by atoms with E-state index in [0.29, 0.717) is 13.2 Å². The molecule has 0 aliphatic carbocycles. The molecule has 0 fully saturated rings. The van der Waals surface area contributed by atoms with Crippen molar-refractivity contribution < 1.29 is 4.74 Å². The summed E-state index contributed by atoms with van der Waals surface area (Å²) >= 11 is 9.64. The molecule has 0 amide bonds. The largest absolute Gasteiger partial charge is 0.489 e. The third-order valence-corrected chi connectivity index (χ3v) is 4.66. The fourth-order valence-electron chi connectivity index (χ4n) is 2.54. The van der Waals surface area contributed by atoms with Crippen LogP contribution >= 0.6 is 27.5 Å². The van der Waals surface area contributed by atoms with Crippen molar-refractivity contribution in [3.05, 3.63) is 92.9 Å². The van der Waals surface area contributed by atoms with Gasteiger partial charge in [0.15, 0.2) is 0 Å². The summed E-state index contributed by atoms with van der Waals surface area (Å²) in [5.41, 5.74) is 4.42. The fraction of sp³-hybridized carbons (Fsp3) is 0.143. The summed E-state index contributed by atoms with van der Waals surface area (Å²) in [5.74, 6) is 0.874. The van der Waals surface area contributed by atoms with Crippen molar-refractivity contribution in [3.63, 3.8) is 0 Å². The minimum atomic E-state index is 0.547. The first-order chi connectivity index (χ1) is 12.1. The van der Waals surface area contributed by atoms with Gasteiger partial charge in [0.25, 0.3) is 0 Å². The maximum absolute atomic E-state index is 6.10. The molecule has 0 saturated carbocycles. The molecule has 0 bridgehead atoms. The highest BCUT2D eigenvalue weighted by atomic mass is 79.9. The molecule has 0 aliphatic rings. The molecule has 0 radical (unpaired) electrons. The van der Waals surface area contributed by atoms with Gasteiger partial charge in [-0.15, -0.1) is 0 Å². The maximum Gasteiger partial charge on any atom is 0.124 e. The minimum absolute atomic E-state index is 0.547. The summed E-state index contributed by atoms with van der Waals surface area (Å²) in [7, 11) is 0. The fourth-order valence-corrected chi connectivity index (χ4v) is 3.12. The Bertz CT molecular complexity index is 852. The lowest BCUT2D eigenvalue weighted by molar-refractivity contribution is 0.303. The van der Waals surface area contributed by atoms with Crippen LogP contribution in [-0.4, -0.2) is 0 Å². The van der Waals surface area contributed by atoms with Gasteiger partial charge in [-0.1, -0.05) is 63.9 Å². The predicted molar refractivity (Wildman–Crippen MR) is 108 cm³/mol. The average Bonchev–Trinajstić information content (AvgIpc) is 2.62. The summed E-state index contributed by atoms with van der Waals surface area (Å²) in [6.07, 6.45) is 0. The molecule has 1 N–H and O–H groups in total. The summed E-state index contributed by atoms with van der Waals surface area (Å²) in [6.45, 7) is 3.27. The standard InChI is InChI=1S/C21H19BrClNO/c1-15-7-9-19(23)12-20(15)24-13-17-11-18(22)8-10-21(17)25-14-16-5-3-2-4-6-16/h2-12,24H,13-14H2,1H3. The number of aryl methyl sites for hydroxylation is 1. The number of anilines is 1. The van der Waals surface area contributed by atoms with Crippen LogP contribution in [0, 0.1) is 6.92 Å². The number of nitrogens with one attached hydrogen (secondary N) is 1. The molecule has 0 unspecified atom stereocenters. The number of rotatable bonds is 6. The Labute approximate surface area is 161 Å². The zero-order chi connectivity index (χ0) is 17.6. The van der Waals surface area contributed by atoms with E-state index in [1.54, 1.807) is 0 Å². The minimum Gasteiger partial charge on any atom is -0.489 e. The monoisotopic (exact) mass is 415 g/mol. The third kappa shape index (κ3) is 5.00. The summed E-state index contributed by atoms with van der Waals surface area (Å²) in [6, 6.07) is 22.1. The van der Waals surface area contributed by atoms with Crippen LogP contribution in [-0.2, 0) is 13.2 Å². The molecule has 3 rings (SSSR count). The Hall–Kier alpha value is -1.97. The first kappa shape index (κ1) is 17.8. The molecule has 128 valence electrons. The highest BCUT2D eigenvalue weighted by Gasteiger charge is 2.07. The lowest BCUT2D eigenvalue weighted by Gasteiger charge is -2.15. The molecule has 3 aromatic carbocycles. The molecule has 0 heterocycles. The van der Waals surface area contributed by atoms with Crippen LogP contribution in [0.5, 0.6) is 5.75 Å². The van der Waals surface area contributed by atoms with Crippen molar-refractivity contribution in [2.45, 2.75) is 20.1 Å². The molecule has 25 heavy (non-hydrogen) atoms. The van der Waals surface area contributed by atoms with Crippen LogP contribution in [0.3, 0.4) is 0 Å². The van der Waals surface area contributed by atoms with Gasteiger partial charge < -0.3 is 10.1 Å². The second-order valence-electron chi connectivity index (χ2n) is 5.84. The van der Waals surface area contributed by atoms with Gasteiger partial charge in [-0.25, -0.2) is 0 Å². The number of benzene rings is 3. The highest BCUT2D eigenvalue weighted by Crippen LogP contribution is 2.27. The van der Waals surface area contributed by atoms with Crippen molar-refractivity contribution in [1.82, 2.24) is 0 Å². The van der Waals surface area contributed by atoms with E-state index in [1.807, 2.05) is 48.5 Å². The topological polar surface area (TPSA) is 21.3 Å². The van der Waals surface area contributed by atoms with E-state index in [2.05, 4.69) is 46.4 Å². The van der Waals surface area contributed by atoms with Crippen molar-refractivity contribution in [3.8, 4) is 5.75 Å². The lowest BCUT2D eigenvalue weighted by Crippen LogP contribution is -2.05. The molecular formula is C21H19BrClNO. The van der Waals surface area contributed by atoms with E-state index >= 15 is 0 Å². The molecule has 0 atom stereocenters. The van der Waals surface area contributed by atoms with E-state index in [4.69, 9.17) is 16.3 Å². The highest BCUT2D eigenvalue weighted by molar-refractivity contribution is 9.10. The Balaban J connectivity index is 1.73. The Morgan fingerprint density at radius 2 is 1.80 bits per heavy atom. The van der Waals surface area contributed by atoms with Gasteiger partial charge in [0.05, 0.1) is 0 Å². The second kappa shape index (κ2) is 8.41. The van der Waals surface area contributed by atoms with E-state index in [-0.39, 0.29) is 0 Å². The van der Waals surface area contributed by atoms with E-state index in [9.17, 15) is 0 Å². The third-order valence-electron chi connectivity index (χ3n) is 3.93. The molecule has 3 aromatic rings. The van der Waals surface area contributed by atoms with Crippen LogP contribution in [0.2, 0.25) is 5.02 Å². The first-order valence-electron chi connectivity index (χ1n) is 8.07. The van der Waals surface area contributed by atoms with Crippen LogP contribution in [0.4, 0.5) is 5.69 Å². The van der Waals surface area contributed by atoms with Gasteiger partial charge in [0.1, 0.15) is 12.4 Å². The molecule has 2 nitrogen and oxygen atoms in total. The molecule has 0 spiro atoms. The molecular weight excluding hydrogens is 398 g/mol. The van der Waals surface area contributed by atoms with E-state index < -0.39 is 0 Å². The summed E-state index contributed by atoms with van der Waals surface area (Å²) < 4.78 is 7.06. The zero-order valence-corrected chi connectivity index (χ0v) is 16.3. The van der Waals surface area contributed by atoms with Crippen molar-refractivity contribution >= 4 is 33.2 Å². The number of hydrogen-bond donors (Lipinski definition) is 1. The van der Waals surface area contributed by atoms with E-state index in [1.165, 1.54) is 0 Å². The van der Waals surface area contributed by atoms with Crippen molar-refractivity contribution in [1.29, 1.82) is 0 Å². The van der Waals surface area contributed by atoms with Gasteiger partial charge in [-0.05, 0) is 48.4 Å². The predicted octanol–water partition coefficient (Wildman–Crippen LogP) is 6.60. The first-order valence-corrected chi connectivity index (χ1v) is 9.24. The van der Waals surface area contributed by atoms with Gasteiger partial charge >= 0.3 is 0 Å². The van der Waals surface area contributed by atoms with Crippen LogP contribution in [0.1, 0.15) is 16.7 Å². The number of hydrogen-bond acceptors (Lipinski definition) is 2. The summed E-state index contributed by atoms with van der Waals surface area (Å²) in [4.78, 5) is 0. The molecule has 0 aliphatic heterocycles. The van der Waals surface area contributed by atoms with Gasteiger partial charge in [0.2, 0.25) is 0 Å². The van der Waals surface area contributed by atoms with E-state index in [0.717, 1.165) is 37.6 Å². The van der Waals surface area contributed by atoms with Crippen LogP contribution in [0.15, 0.2) is 71.2 Å². The quantitative estimate of drug-likeness (QED) is 0.488. The van der Waals surface area contributed by atoms with Crippen molar-refractivity contribution in [2.75, 3.05) is 5.32 Å². The number of ether oxygens (including phenoxy) is 1. The number of halogens is 2. The zero-order valence-electron chi connectivity index (χ0n) is 13.9. The Kier molecular flexibility index (Phi) is 6.00. The Morgan fingerprint density at radius 3 is 2.60 bits per heavy atom. The normalized spacial score (nSPS) is 10.5. The molecule has 0 aromatic heterocycles. The lowest BCUT2D eigenvalue weighted by atomic mass is 10.1. The second-order valence-corrected chi connectivity index (χ2v) is 7.19. The van der Waals surface area contributed by atoms with Gasteiger partial charge in [-0.3, -0.25) is 0 Å². The smallest absolute Gasteiger partial charge is 0.124 e. The SMILES string of the molecule is Cc1ccc(Cl)cc1NCc1cc(Br)ccc1OCc1ccccc1. The van der Waals surface area contributed by atoms with Gasteiger partial charge in [0, 0.05) is 27.3 Å². The average molecular weight is 417 g/mol. The Morgan fingerprint density at radius 1 is 1.00 bits per heavy atom. The van der Waals surface area contributed by atoms with Crippen molar-refractivity contribution in [2.24, 2.45) is 0 Å². The molecule has 0 saturated heterocycles. The van der Waals surface area contributed by atoms with Crippen LogP contribution < -0.4 is 10.1 Å². The maximum atomic E-state index is 6.10. The van der Waals surface area contributed by atoms with Crippen LogP contribution in [0.25, 0.3) is 0 Å². The molecule has 4 heteroatoms.